The summed E-state index contributed by atoms with van der Waals surface area (Å²) < 4.78 is 0.841. The maximum absolute atomic E-state index is 12.4. The van der Waals surface area contributed by atoms with Crippen molar-refractivity contribution in [3.8, 4) is 0 Å². The van der Waals surface area contributed by atoms with E-state index in [4.69, 9.17) is 0 Å². The average molecular weight is 455 g/mol. The molecule has 0 saturated carbocycles. The van der Waals surface area contributed by atoms with E-state index in [0.717, 1.165) is 35.8 Å². The van der Waals surface area contributed by atoms with Gasteiger partial charge in [-0.1, -0.05) is 66.8 Å². The third-order valence-corrected chi connectivity index (χ3v) is 6.55. The largest absolute Gasteiger partial charge is 0.326 e. The second-order valence-electron chi connectivity index (χ2n) is 6.99. The van der Waals surface area contributed by atoms with Gasteiger partial charge < -0.3 is 5.32 Å². The van der Waals surface area contributed by atoms with Gasteiger partial charge >= 0.3 is 0 Å². The maximum atomic E-state index is 12.4. The topological polar surface area (TPSA) is 84.0 Å². The summed E-state index contributed by atoms with van der Waals surface area (Å²) in [5.41, 5.74) is 2.52. The number of unbranched alkanes of at least 4 members (excludes halogenated alkanes) is 1. The van der Waals surface area contributed by atoms with Crippen molar-refractivity contribution in [2.45, 2.75) is 43.4 Å². The van der Waals surface area contributed by atoms with Gasteiger partial charge in [-0.05, 0) is 49.1 Å². The Morgan fingerprint density at radius 2 is 1.74 bits per heavy atom. The van der Waals surface area contributed by atoms with E-state index in [-0.39, 0.29) is 11.8 Å². The lowest BCUT2D eigenvalue weighted by molar-refractivity contribution is -0.116. The molecule has 2 amide bonds. The number of nitrogens with zero attached hydrogens (tertiary/aromatic N) is 2. The van der Waals surface area contributed by atoms with Crippen molar-refractivity contribution in [1.82, 2.24) is 10.2 Å². The van der Waals surface area contributed by atoms with Crippen molar-refractivity contribution in [2.24, 2.45) is 0 Å². The van der Waals surface area contributed by atoms with E-state index < -0.39 is 0 Å². The summed E-state index contributed by atoms with van der Waals surface area (Å²) in [4.78, 5) is 24.2. The molecule has 0 spiro atoms. The average Bonchev–Trinajstić information content (AvgIpc) is 3.23. The summed E-state index contributed by atoms with van der Waals surface area (Å²) in [7, 11) is 0. The molecule has 1 aromatic heterocycles. The Bertz CT molecular complexity index is 975. The minimum absolute atomic E-state index is 0.0123. The van der Waals surface area contributed by atoms with Gasteiger partial charge in [-0.2, -0.15) is 0 Å². The monoisotopic (exact) mass is 454 g/mol. The molecule has 0 aliphatic rings. The van der Waals surface area contributed by atoms with Gasteiger partial charge in [0.2, 0.25) is 11.0 Å². The number of hydrogen-bond donors (Lipinski definition) is 2. The number of anilines is 2. The summed E-state index contributed by atoms with van der Waals surface area (Å²) >= 11 is 3.02. The lowest BCUT2D eigenvalue weighted by atomic mass is 10.1. The molecule has 0 atom stereocenters. The summed E-state index contributed by atoms with van der Waals surface area (Å²) in [5.74, 6) is 0.686. The molecule has 0 unspecified atom stereocenters. The summed E-state index contributed by atoms with van der Waals surface area (Å²) in [6.45, 7) is 2.05. The number of thioether (sulfide) groups is 1. The van der Waals surface area contributed by atoms with Crippen LogP contribution in [0.4, 0.5) is 10.8 Å². The minimum Gasteiger partial charge on any atom is -0.326 e. The van der Waals surface area contributed by atoms with Gasteiger partial charge in [-0.25, -0.2) is 0 Å². The predicted octanol–water partition coefficient (Wildman–Crippen LogP) is 5.64. The minimum atomic E-state index is -0.249. The van der Waals surface area contributed by atoms with Crippen LogP contribution in [0.15, 0.2) is 58.9 Å². The number of hydrogen-bond acceptors (Lipinski definition) is 6. The van der Waals surface area contributed by atoms with Gasteiger partial charge in [0.05, 0.1) is 0 Å². The fourth-order valence-corrected chi connectivity index (χ4v) is 4.59. The number of aryl methyl sites for hydroxylation is 1. The van der Waals surface area contributed by atoms with Crippen molar-refractivity contribution in [3.63, 3.8) is 0 Å². The van der Waals surface area contributed by atoms with E-state index in [1.165, 1.54) is 16.9 Å². The third-order valence-electron chi connectivity index (χ3n) is 4.49. The first kappa shape index (κ1) is 23.0. The van der Waals surface area contributed by atoms with E-state index >= 15 is 0 Å². The molecule has 6 nitrogen and oxygen atoms in total. The van der Waals surface area contributed by atoms with Gasteiger partial charge in [0.25, 0.3) is 5.91 Å². The normalized spacial score (nSPS) is 10.6. The van der Waals surface area contributed by atoms with Crippen LogP contribution >= 0.6 is 23.1 Å². The van der Waals surface area contributed by atoms with E-state index in [0.29, 0.717) is 22.8 Å². The van der Waals surface area contributed by atoms with Crippen LogP contribution in [-0.4, -0.2) is 27.8 Å². The van der Waals surface area contributed by atoms with Crippen molar-refractivity contribution >= 4 is 45.7 Å². The smallest absolute Gasteiger partial charge is 0.257 e. The number of carbonyl (C=O) groups is 2. The Hall–Kier alpha value is -2.71. The number of amides is 2. The highest BCUT2D eigenvalue weighted by Crippen LogP contribution is 2.26. The highest BCUT2D eigenvalue weighted by atomic mass is 32.2. The zero-order valence-electron chi connectivity index (χ0n) is 17.5. The van der Waals surface area contributed by atoms with E-state index in [1.807, 2.05) is 13.0 Å². The number of aromatic nitrogens is 2. The Labute approximate surface area is 190 Å². The summed E-state index contributed by atoms with van der Waals surface area (Å²) in [6.07, 6.45) is 4.43. The van der Waals surface area contributed by atoms with Crippen LogP contribution in [0.2, 0.25) is 0 Å². The SMILES string of the molecule is CCCCC(=O)Nc1ccc(C(=O)Nc2nnc(SCCCc3ccccc3)s2)cc1. The lowest BCUT2D eigenvalue weighted by Gasteiger charge is -2.06. The van der Waals surface area contributed by atoms with Gasteiger partial charge in [0.15, 0.2) is 4.34 Å². The molecule has 0 radical (unpaired) electrons. The maximum Gasteiger partial charge on any atom is 0.257 e. The van der Waals surface area contributed by atoms with Crippen LogP contribution in [-0.2, 0) is 11.2 Å². The Morgan fingerprint density at radius 1 is 0.968 bits per heavy atom. The van der Waals surface area contributed by atoms with Crippen molar-refractivity contribution < 1.29 is 9.59 Å². The molecule has 31 heavy (non-hydrogen) atoms. The quantitative estimate of drug-likeness (QED) is 0.222. The molecule has 162 valence electrons. The van der Waals surface area contributed by atoms with Crippen molar-refractivity contribution in [2.75, 3.05) is 16.4 Å². The Kier molecular flexibility index (Phi) is 9.05. The highest BCUT2D eigenvalue weighted by Gasteiger charge is 2.11. The molecular weight excluding hydrogens is 428 g/mol. The standard InChI is InChI=1S/C23H26N4O2S2/c1-2-3-11-20(28)24-19-14-12-18(13-15-19)21(29)25-22-26-27-23(31-22)30-16-7-10-17-8-5-4-6-9-17/h4-6,8-9,12-15H,2-3,7,10-11,16H2,1H3,(H,24,28)(H,25,26,29). The second-order valence-corrected chi connectivity index (χ2v) is 9.31. The second kappa shape index (κ2) is 12.2. The predicted molar refractivity (Wildman–Crippen MR) is 128 cm³/mol. The summed E-state index contributed by atoms with van der Waals surface area (Å²) in [6, 6.07) is 17.2. The number of nitrogens with one attached hydrogen (secondary N) is 2. The molecule has 0 saturated heterocycles. The third kappa shape index (κ3) is 7.80. The van der Waals surface area contributed by atoms with Crippen LogP contribution in [0.5, 0.6) is 0 Å². The molecule has 0 aliphatic heterocycles. The van der Waals surface area contributed by atoms with Gasteiger partial charge in [0, 0.05) is 23.4 Å². The first-order chi connectivity index (χ1) is 15.1. The van der Waals surface area contributed by atoms with Crippen LogP contribution in [0, 0.1) is 0 Å². The van der Waals surface area contributed by atoms with E-state index in [1.54, 1.807) is 36.0 Å². The molecule has 2 N–H and O–H groups in total. The molecule has 8 heteroatoms. The van der Waals surface area contributed by atoms with E-state index in [9.17, 15) is 9.59 Å². The lowest BCUT2D eigenvalue weighted by Crippen LogP contribution is -2.13. The molecule has 3 rings (SSSR count). The van der Waals surface area contributed by atoms with Gasteiger partial charge in [-0.3, -0.25) is 14.9 Å². The molecule has 1 heterocycles. The van der Waals surface area contributed by atoms with Crippen molar-refractivity contribution in [3.05, 3.63) is 65.7 Å². The first-order valence-electron chi connectivity index (χ1n) is 10.4. The van der Waals surface area contributed by atoms with Crippen LogP contribution < -0.4 is 10.6 Å². The van der Waals surface area contributed by atoms with Crippen molar-refractivity contribution in [1.29, 1.82) is 0 Å². The molecular formula is C23H26N4O2S2. The fourth-order valence-electron chi connectivity index (χ4n) is 2.83. The van der Waals surface area contributed by atoms with Crippen LogP contribution in [0.3, 0.4) is 0 Å². The molecule has 0 aliphatic carbocycles. The molecule has 0 fully saturated rings. The highest BCUT2D eigenvalue weighted by molar-refractivity contribution is 8.01. The van der Waals surface area contributed by atoms with E-state index in [2.05, 4.69) is 45.1 Å². The fraction of sp³-hybridized carbons (Fsp3) is 0.304. The zero-order chi connectivity index (χ0) is 21.9. The summed E-state index contributed by atoms with van der Waals surface area (Å²) in [5, 5.41) is 14.3. The van der Waals surface area contributed by atoms with Crippen LogP contribution in [0.1, 0.15) is 48.5 Å². The van der Waals surface area contributed by atoms with Crippen LogP contribution in [0.25, 0.3) is 0 Å². The number of carbonyl (C=O) groups excluding carboxylic acids is 2. The number of rotatable bonds is 11. The molecule has 0 bridgehead atoms. The first-order valence-corrected chi connectivity index (χ1v) is 12.2. The number of benzene rings is 2. The van der Waals surface area contributed by atoms with Gasteiger partial charge in [-0.15, -0.1) is 10.2 Å². The zero-order valence-corrected chi connectivity index (χ0v) is 19.1. The molecule has 2 aromatic carbocycles. The Balaban J connectivity index is 1.43. The van der Waals surface area contributed by atoms with Gasteiger partial charge in [0.1, 0.15) is 0 Å². The Morgan fingerprint density at radius 3 is 2.48 bits per heavy atom. The molecule has 3 aromatic rings.